The molecule has 0 saturated heterocycles. The topological polar surface area (TPSA) is 43.4 Å². The lowest BCUT2D eigenvalue weighted by Gasteiger charge is -2.22. The van der Waals surface area contributed by atoms with Crippen molar-refractivity contribution in [1.29, 1.82) is 0 Å². The van der Waals surface area contributed by atoms with E-state index in [9.17, 15) is 9.59 Å². The first-order valence-corrected chi connectivity index (χ1v) is 11.6. The number of ether oxygens (including phenoxy) is 1. The normalized spacial score (nSPS) is 9.57. The van der Waals surface area contributed by atoms with Gasteiger partial charge in [0.05, 0.1) is 12.7 Å². The average Bonchev–Trinajstić information content (AvgIpc) is 2.82. The van der Waals surface area contributed by atoms with Crippen molar-refractivity contribution in [2.45, 2.75) is 34.6 Å². The summed E-state index contributed by atoms with van der Waals surface area (Å²) in [6, 6.07) is 25.3. The summed E-state index contributed by atoms with van der Waals surface area (Å²) >= 11 is 0. The summed E-state index contributed by atoms with van der Waals surface area (Å²) in [6.07, 6.45) is 0. The van der Waals surface area contributed by atoms with Crippen molar-refractivity contribution in [2.75, 3.05) is 7.11 Å². The van der Waals surface area contributed by atoms with Crippen molar-refractivity contribution >= 4 is 35.6 Å². The largest absolute Gasteiger partial charge is 0.465 e. The van der Waals surface area contributed by atoms with Crippen molar-refractivity contribution in [3.05, 3.63) is 90.0 Å². The monoisotopic (exact) mass is 422 g/mol. The fourth-order valence-corrected chi connectivity index (χ4v) is 5.27. The Morgan fingerprint density at radius 3 is 1.60 bits per heavy atom. The molecule has 0 fully saturated rings. The quantitative estimate of drug-likeness (QED) is 0.310. The van der Waals surface area contributed by atoms with Gasteiger partial charge in [-0.3, -0.25) is 4.79 Å². The molecule has 0 saturated carbocycles. The van der Waals surface area contributed by atoms with Crippen LogP contribution in [0.5, 0.6) is 0 Å². The van der Waals surface area contributed by atoms with Crippen LogP contribution in [0.1, 0.15) is 55.3 Å². The van der Waals surface area contributed by atoms with Crippen LogP contribution < -0.4 is 15.9 Å². The van der Waals surface area contributed by atoms with E-state index in [1.165, 1.54) is 14.0 Å². The number of rotatable bonds is 5. The van der Waals surface area contributed by atoms with Crippen LogP contribution in [0, 0.1) is 0 Å². The van der Waals surface area contributed by atoms with Gasteiger partial charge in [0.25, 0.3) is 0 Å². The van der Waals surface area contributed by atoms with E-state index in [0.717, 1.165) is 15.9 Å². The van der Waals surface area contributed by atoms with Crippen LogP contribution in [-0.2, 0) is 4.74 Å². The molecule has 3 aromatic carbocycles. The molecule has 0 radical (unpaired) electrons. The summed E-state index contributed by atoms with van der Waals surface area (Å²) in [6.45, 7) is 9.53. The molecule has 0 spiro atoms. The summed E-state index contributed by atoms with van der Waals surface area (Å²) in [5.41, 5.74) is 1.09. The third-order valence-electron chi connectivity index (χ3n) is 4.08. The van der Waals surface area contributed by atoms with E-state index in [4.69, 9.17) is 4.74 Å². The fourth-order valence-electron chi connectivity index (χ4n) is 2.80. The molecule has 0 aliphatic rings. The molecule has 3 aromatic rings. The fraction of sp³-hybridized carbons (Fsp3) is 0.231. The SMILES string of the molecule is CC.CC.COC(=O)c1ccc(C(C)=O)cc1P(c1ccccc1)c1ccccc1. The molecule has 0 amide bonds. The molecule has 4 heteroatoms. The maximum absolute atomic E-state index is 12.4. The highest BCUT2D eigenvalue weighted by Gasteiger charge is 2.24. The first kappa shape index (κ1) is 25.3. The van der Waals surface area contributed by atoms with Gasteiger partial charge in [-0.05, 0) is 37.6 Å². The van der Waals surface area contributed by atoms with Crippen LogP contribution in [-0.4, -0.2) is 18.9 Å². The Hall–Kier alpha value is -2.77. The zero-order valence-corrected chi connectivity index (χ0v) is 19.6. The molecule has 3 rings (SSSR count). The Balaban J connectivity index is 0.00000106. The minimum Gasteiger partial charge on any atom is -0.465 e. The van der Waals surface area contributed by atoms with Gasteiger partial charge in [0.2, 0.25) is 0 Å². The van der Waals surface area contributed by atoms with Gasteiger partial charge in [0.1, 0.15) is 0 Å². The second kappa shape index (κ2) is 13.5. The van der Waals surface area contributed by atoms with E-state index < -0.39 is 13.9 Å². The summed E-state index contributed by atoms with van der Waals surface area (Å²) < 4.78 is 4.99. The Morgan fingerprint density at radius 1 is 0.733 bits per heavy atom. The zero-order chi connectivity index (χ0) is 22.5. The molecular weight excluding hydrogens is 391 g/mol. The lowest BCUT2D eigenvalue weighted by atomic mass is 10.1. The van der Waals surface area contributed by atoms with E-state index in [1.54, 1.807) is 12.1 Å². The Bertz CT molecular complexity index is 882. The predicted molar refractivity (Wildman–Crippen MR) is 129 cm³/mol. The zero-order valence-electron chi connectivity index (χ0n) is 18.7. The first-order valence-electron chi connectivity index (χ1n) is 10.3. The van der Waals surface area contributed by atoms with E-state index in [2.05, 4.69) is 24.3 Å². The van der Waals surface area contributed by atoms with Crippen molar-refractivity contribution in [1.82, 2.24) is 0 Å². The predicted octanol–water partition coefficient (Wildman–Crippen LogP) is 5.49. The molecule has 0 atom stereocenters. The number of hydrogen-bond donors (Lipinski definition) is 0. The van der Waals surface area contributed by atoms with E-state index in [0.29, 0.717) is 11.1 Å². The van der Waals surface area contributed by atoms with Gasteiger partial charge < -0.3 is 4.74 Å². The number of carbonyl (C=O) groups excluding carboxylic acids is 2. The molecule has 3 nitrogen and oxygen atoms in total. The molecule has 0 aliphatic heterocycles. The van der Waals surface area contributed by atoms with Crippen molar-refractivity contribution in [3.63, 3.8) is 0 Å². The lowest BCUT2D eigenvalue weighted by Crippen LogP contribution is -2.26. The summed E-state index contributed by atoms with van der Waals surface area (Å²) in [5, 5.41) is 3.05. The van der Waals surface area contributed by atoms with Crippen molar-refractivity contribution in [2.24, 2.45) is 0 Å². The molecular formula is C26H31O3P. The van der Waals surface area contributed by atoms with Gasteiger partial charge >= 0.3 is 5.97 Å². The Kier molecular flexibility index (Phi) is 11.3. The van der Waals surface area contributed by atoms with Gasteiger partial charge in [0.15, 0.2) is 5.78 Å². The van der Waals surface area contributed by atoms with Crippen LogP contribution in [0.4, 0.5) is 0 Å². The van der Waals surface area contributed by atoms with E-state index >= 15 is 0 Å². The third-order valence-corrected chi connectivity index (χ3v) is 6.56. The van der Waals surface area contributed by atoms with Gasteiger partial charge in [-0.1, -0.05) is 94.4 Å². The molecule has 0 aliphatic carbocycles. The van der Waals surface area contributed by atoms with Crippen LogP contribution in [0.25, 0.3) is 0 Å². The van der Waals surface area contributed by atoms with Gasteiger partial charge in [-0.15, -0.1) is 0 Å². The minimum atomic E-state index is -0.999. The van der Waals surface area contributed by atoms with Crippen LogP contribution in [0.15, 0.2) is 78.9 Å². The minimum absolute atomic E-state index is 0.0289. The van der Waals surface area contributed by atoms with Crippen LogP contribution in [0.3, 0.4) is 0 Å². The molecule has 0 N–H and O–H groups in total. The number of ketones is 1. The molecule has 30 heavy (non-hydrogen) atoms. The molecule has 0 unspecified atom stereocenters. The lowest BCUT2D eigenvalue weighted by molar-refractivity contribution is 0.0602. The smallest absolute Gasteiger partial charge is 0.338 e. The van der Waals surface area contributed by atoms with Crippen molar-refractivity contribution < 1.29 is 14.3 Å². The van der Waals surface area contributed by atoms with E-state index in [1.807, 2.05) is 70.2 Å². The van der Waals surface area contributed by atoms with Crippen molar-refractivity contribution in [3.8, 4) is 0 Å². The number of hydrogen-bond acceptors (Lipinski definition) is 3. The molecule has 0 aromatic heterocycles. The number of esters is 1. The highest BCUT2D eigenvalue weighted by molar-refractivity contribution is 7.80. The second-order valence-electron chi connectivity index (χ2n) is 5.79. The summed E-state index contributed by atoms with van der Waals surface area (Å²) in [4.78, 5) is 24.3. The third kappa shape index (κ3) is 6.37. The Morgan fingerprint density at radius 2 is 1.20 bits per heavy atom. The van der Waals surface area contributed by atoms with Crippen LogP contribution >= 0.6 is 7.92 Å². The molecule has 0 heterocycles. The Labute approximate surface area is 181 Å². The van der Waals surface area contributed by atoms with Gasteiger partial charge in [-0.2, -0.15) is 0 Å². The summed E-state index contributed by atoms with van der Waals surface area (Å²) in [5.74, 6) is -0.423. The maximum Gasteiger partial charge on any atom is 0.338 e. The van der Waals surface area contributed by atoms with E-state index in [-0.39, 0.29) is 5.78 Å². The standard InChI is InChI=1S/C22H19O3P.2C2H6/c1-16(23)17-13-14-20(22(24)25-2)21(15-17)26(18-9-5-3-6-10-18)19-11-7-4-8-12-19;2*1-2/h3-15H,1-2H3;2*1-2H3. The maximum atomic E-state index is 12.4. The average molecular weight is 423 g/mol. The van der Waals surface area contributed by atoms with Gasteiger partial charge in [0, 0.05) is 10.9 Å². The molecule has 0 bridgehead atoms. The molecule has 158 valence electrons. The highest BCUT2D eigenvalue weighted by Crippen LogP contribution is 2.34. The number of carbonyl (C=O) groups is 2. The first-order chi connectivity index (χ1) is 14.6. The number of benzene rings is 3. The summed E-state index contributed by atoms with van der Waals surface area (Å²) in [7, 11) is 0.374. The second-order valence-corrected chi connectivity index (χ2v) is 7.97. The number of methoxy groups -OCH3 is 1. The van der Waals surface area contributed by atoms with Crippen LogP contribution in [0.2, 0.25) is 0 Å². The van der Waals surface area contributed by atoms with Gasteiger partial charge in [-0.25, -0.2) is 4.79 Å². The highest BCUT2D eigenvalue weighted by atomic mass is 31.1. The number of Topliss-reactive ketones (excluding diaryl/α,β-unsaturated/α-hetero) is 1.